The molecule has 3 nitrogen and oxygen atoms in total. The van der Waals surface area contributed by atoms with Crippen LogP contribution >= 0.6 is 0 Å². The number of nitrogens with one attached hydrogen (secondary N) is 1. The van der Waals surface area contributed by atoms with Crippen LogP contribution in [-0.2, 0) is 4.74 Å². The van der Waals surface area contributed by atoms with Gasteiger partial charge in [-0.2, -0.15) is 0 Å². The number of aryl methyl sites for hydroxylation is 1. The zero-order chi connectivity index (χ0) is 15.1. The van der Waals surface area contributed by atoms with E-state index < -0.39 is 0 Å². The zero-order valence-electron chi connectivity index (χ0n) is 13.7. The van der Waals surface area contributed by atoms with Crippen molar-refractivity contribution >= 4 is 0 Å². The fourth-order valence-electron chi connectivity index (χ4n) is 3.06. The molecule has 1 aliphatic heterocycles. The van der Waals surface area contributed by atoms with Gasteiger partial charge in [-0.1, -0.05) is 24.6 Å². The molecular weight excluding hydrogens is 262 g/mol. The summed E-state index contributed by atoms with van der Waals surface area (Å²) in [6, 6.07) is 6.83. The Hall–Kier alpha value is -1.06. The summed E-state index contributed by atoms with van der Waals surface area (Å²) in [5.74, 6) is 1.55. The minimum Gasteiger partial charge on any atom is -0.494 e. The lowest BCUT2D eigenvalue weighted by Crippen LogP contribution is -2.34. The van der Waals surface area contributed by atoms with Crippen LogP contribution in [0.1, 0.15) is 50.3 Å². The maximum atomic E-state index is 5.86. The second-order valence-corrected chi connectivity index (χ2v) is 5.88. The number of benzene rings is 1. The van der Waals surface area contributed by atoms with Crippen molar-refractivity contribution in [2.24, 2.45) is 5.92 Å². The molecule has 2 rings (SSSR count). The van der Waals surface area contributed by atoms with Gasteiger partial charge in [0.15, 0.2) is 0 Å². The molecule has 0 aliphatic carbocycles. The van der Waals surface area contributed by atoms with Crippen molar-refractivity contribution in [3.63, 3.8) is 0 Å². The predicted molar refractivity (Wildman–Crippen MR) is 86.9 cm³/mol. The molecule has 0 spiro atoms. The van der Waals surface area contributed by atoms with Crippen LogP contribution in [0.2, 0.25) is 0 Å². The van der Waals surface area contributed by atoms with Crippen LogP contribution in [0.4, 0.5) is 0 Å². The highest BCUT2D eigenvalue weighted by atomic mass is 16.5. The smallest absolute Gasteiger partial charge is 0.124 e. The van der Waals surface area contributed by atoms with E-state index in [4.69, 9.17) is 9.47 Å². The molecule has 1 saturated heterocycles. The van der Waals surface area contributed by atoms with Gasteiger partial charge in [0, 0.05) is 24.1 Å². The standard InChI is InChI=1S/C18H29NO2/c1-4-10-19-18(15-7-6-11-20-13-15)16-12-14(3)8-9-17(16)21-5-2/h8-9,12,15,18-19H,4-7,10-11,13H2,1-3H3. The van der Waals surface area contributed by atoms with E-state index in [0.29, 0.717) is 18.6 Å². The van der Waals surface area contributed by atoms with Gasteiger partial charge in [-0.05, 0) is 45.7 Å². The highest BCUT2D eigenvalue weighted by molar-refractivity contribution is 5.39. The fraction of sp³-hybridized carbons (Fsp3) is 0.667. The van der Waals surface area contributed by atoms with E-state index in [0.717, 1.165) is 38.3 Å². The topological polar surface area (TPSA) is 30.5 Å². The molecule has 0 saturated carbocycles. The third-order valence-corrected chi connectivity index (χ3v) is 4.08. The molecular formula is C18H29NO2. The van der Waals surface area contributed by atoms with Gasteiger partial charge >= 0.3 is 0 Å². The molecule has 1 fully saturated rings. The first kappa shape index (κ1) is 16.3. The Balaban J connectivity index is 2.27. The van der Waals surface area contributed by atoms with Crippen LogP contribution in [0.3, 0.4) is 0 Å². The highest BCUT2D eigenvalue weighted by Gasteiger charge is 2.27. The van der Waals surface area contributed by atoms with E-state index in [2.05, 4.69) is 37.4 Å². The molecule has 3 heteroatoms. The Morgan fingerprint density at radius 1 is 1.38 bits per heavy atom. The summed E-state index contributed by atoms with van der Waals surface area (Å²) in [7, 11) is 0. The Bertz CT molecular complexity index is 427. The van der Waals surface area contributed by atoms with Gasteiger partial charge in [0.05, 0.1) is 13.2 Å². The van der Waals surface area contributed by atoms with Crippen LogP contribution < -0.4 is 10.1 Å². The molecule has 0 radical (unpaired) electrons. The summed E-state index contributed by atoms with van der Waals surface area (Å²) in [5, 5.41) is 3.72. The average molecular weight is 291 g/mol. The number of rotatable bonds is 7. The fourth-order valence-corrected chi connectivity index (χ4v) is 3.06. The van der Waals surface area contributed by atoms with Crippen LogP contribution in [0, 0.1) is 12.8 Å². The van der Waals surface area contributed by atoms with Crippen molar-refractivity contribution in [1.29, 1.82) is 0 Å². The molecule has 0 bridgehead atoms. The summed E-state index contributed by atoms with van der Waals surface area (Å²) in [6.07, 6.45) is 3.52. The molecule has 1 aromatic rings. The molecule has 2 unspecified atom stereocenters. The SMILES string of the molecule is CCCNC(c1cc(C)ccc1OCC)C1CCCOC1. The van der Waals surface area contributed by atoms with Gasteiger partial charge in [-0.15, -0.1) is 0 Å². The van der Waals surface area contributed by atoms with Crippen molar-refractivity contribution in [3.8, 4) is 5.75 Å². The van der Waals surface area contributed by atoms with Gasteiger partial charge in [-0.25, -0.2) is 0 Å². The highest BCUT2D eigenvalue weighted by Crippen LogP contribution is 2.35. The second kappa shape index (κ2) is 8.40. The normalized spacial score (nSPS) is 20.2. The molecule has 2 atom stereocenters. The van der Waals surface area contributed by atoms with E-state index in [1.807, 2.05) is 6.92 Å². The van der Waals surface area contributed by atoms with E-state index in [1.54, 1.807) is 0 Å². The van der Waals surface area contributed by atoms with E-state index in [-0.39, 0.29) is 0 Å². The van der Waals surface area contributed by atoms with Gasteiger partial charge in [0.25, 0.3) is 0 Å². The Morgan fingerprint density at radius 2 is 2.24 bits per heavy atom. The van der Waals surface area contributed by atoms with Gasteiger partial charge < -0.3 is 14.8 Å². The molecule has 0 amide bonds. The first-order chi connectivity index (χ1) is 10.3. The first-order valence-corrected chi connectivity index (χ1v) is 8.30. The Kier molecular flexibility index (Phi) is 6.52. The molecule has 21 heavy (non-hydrogen) atoms. The number of hydrogen-bond donors (Lipinski definition) is 1. The molecule has 1 aliphatic rings. The molecule has 1 heterocycles. The summed E-state index contributed by atoms with van der Waals surface area (Å²) in [4.78, 5) is 0. The van der Waals surface area contributed by atoms with Crippen LogP contribution in [-0.4, -0.2) is 26.4 Å². The van der Waals surface area contributed by atoms with Crippen molar-refractivity contribution in [1.82, 2.24) is 5.32 Å². The largest absolute Gasteiger partial charge is 0.494 e. The first-order valence-electron chi connectivity index (χ1n) is 8.30. The summed E-state index contributed by atoms with van der Waals surface area (Å²) in [6.45, 7) is 9.89. The van der Waals surface area contributed by atoms with Crippen molar-refractivity contribution < 1.29 is 9.47 Å². The number of hydrogen-bond acceptors (Lipinski definition) is 3. The van der Waals surface area contributed by atoms with Crippen LogP contribution in [0.25, 0.3) is 0 Å². The van der Waals surface area contributed by atoms with Gasteiger partial charge in [0.2, 0.25) is 0 Å². The molecule has 1 aromatic carbocycles. The Labute approximate surface area is 129 Å². The quantitative estimate of drug-likeness (QED) is 0.827. The minimum atomic E-state index is 0.326. The van der Waals surface area contributed by atoms with Gasteiger partial charge in [0.1, 0.15) is 5.75 Å². The third kappa shape index (κ3) is 4.45. The average Bonchev–Trinajstić information content (AvgIpc) is 2.51. The molecule has 118 valence electrons. The molecule has 0 aromatic heterocycles. The van der Waals surface area contributed by atoms with Crippen LogP contribution in [0.15, 0.2) is 18.2 Å². The van der Waals surface area contributed by atoms with Crippen molar-refractivity contribution in [3.05, 3.63) is 29.3 Å². The van der Waals surface area contributed by atoms with Crippen molar-refractivity contribution in [2.75, 3.05) is 26.4 Å². The third-order valence-electron chi connectivity index (χ3n) is 4.08. The summed E-state index contributed by atoms with van der Waals surface area (Å²) < 4.78 is 11.6. The Morgan fingerprint density at radius 3 is 2.90 bits per heavy atom. The zero-order valence-corrected chi connectivity index (χ0v) is 13.7. The van der Waals surface area contributed by atoms with Crippen LogP contribution in [0.5, 0.6) is 5.75 Å². The maximum Gasteiger partial charge on any atom is 0.124 e. The lowest BCUT2D eigenvalue weighted by Gasteiger charge is -2.32. The summed E-state index contributed by atoms with van der Waals surface area (Å²) in [5.41, 5.74) is 2.58. The predicted octanol–water partition coefficient (Wildman–Crippen LogP) is 3.86. The maximum absolute atomic E-state index is 5.86. The lowest BCUT2D eigenvalue weighted by atomic mass is 9.87. The summed E-state index contributed by atoms with van der Waals surface area (Å²) >= 11 is 0. The number of ether oxygens (including phenoxy) is 2. The van der Waals surface area contributed by atoms with E-state index >= 15 is 0 Å². The van der Waals surface area contributed by atoms with Gasteiger partial charge in [-0.3, -0.25) is 0 Å². The van der Waals surface area contributed by atoms with Crippen molar-refractivity contribution in [2.45, 2.75) is 46.1 Å². The van der Waals surface area contributed by atoms with E-state index in [9.17, 15) is 0 Å². The lowest BCUT2D eigenvalue weighted by molar-refractivity contribution is 0.0386. The monoisotopic (exact) mass is 291 g/mol. The second-order valence-electron chi connectivity index (χ2n) is 5.88. The van der Waals surface area contributed by atoms with E-state index in [1.165, 1.54) is 17.5 Å². The minimum absolute atomic E-state index is 0.326. The molecule has 1 N–H and O–H groups in total.